The molecule has 3 heteroatoms. The molecule has 0 atom stereocenters. The van der Waals surface area contributed by atoms with Crippen molar-refractivity contribution < 1.29 is 9.47 Å². The average molecular weight is 243 g/mol. The van der Waals surface area contributed by atoms with Gasteiger partial charge in [0.05, 0.1) is 13.7 Å². The molecule has 18 heavy (non-hydrogen) atoms. The minimum absolute atomic E-state index is 0.635. The van der Waals surface area contributed by atoms with Gasteiger partial charge in [0.2, 0.25) is 0 Å². The molecule has 0 aliphatic heterocycles. The maximum absolute atomic E-state index is 5.68. The fourth-order valence-electron chi connectivity index (χ4n) is 1.68. The summed E-state index contributed by atoms with van der Waals surface area (Å²) in [6.45, 7) is 0.635. The molecule has 0 saturated heterocycles. The third kappa shape index (κ3) is 3.42. The van der Waals surface area contributed by atoms with Crippen molar-refractivity contribution in [2.24, 2.45) is 0 Å². The van der Waals surface area contributed by atoms with Crippen LogP contribution < -0.4 is 15.2 Å². The van der Waals surface area contributed by atoms with Gasteiger partial charge >= 0.3 is 0 Å². The zero-order valence-corrected chi connectivity index (χ0v) is 10.4. The second-order valence-electron chi connectivity index (χ2n) is 4.02. The molecule has 2 aromatic carbocycles. The topological polar surface area (TPSA) is 44.5 Å². The molecule has 0 radical (unpaired) electrons. The molecular weight excluding hydrogens is 226 g/mol. The number of nitrogens with two attached hydrogens (primary N) is 1. The van der Waals surface area contributed by atoms with E-state index in [9.17, 15) is 0 Å². The van der Waals surface area contributed by atoms with Crippen molar-refractivity contribution in [2.45, 2.75) is 6.42 Å². The quantitative estimate of drug-likeness (QED) is 0.821. The Kier molecular flexibility index (Phi) is 4.07. The van der Waals surface area contributed by atoms with E-state index in [-0.39, 0.29) is 0 Å². The van der Waals surface area contributed by atoms with Gasteiger partial charge in [-0.2, -0.15) is 0 Å². The maximum atomic E-state index is 5.68. The molecule has 0 fully saturated rings. The Morgan fingerprint density at radius 1 is 1.00 bits per heavy atom. The van der Waals surface area contributed by atoms with E-state index in [0.29, 0.717) is 6.61 Å². The van der Waals surface area contributed by atoms with E-state index in [1.807, 2.05) is 48.5 Å². The third-order valence-electron chi connectivity index (χ3n) is 2.68. The fourth-order valence-corrected chi connectivity index (χ4v) is 1.68. The van der Waals surface area contributed by atoms with Crippen LogP contribution in [0.3, 0.4) is 0 Å². The highest BCUT2D eigenvalue weighted by molar-refractivity contribution is 5.43. The lowest BCUT2D eigenvalue weighted by molar-refractivity contribution is 0.322. The van der Waals surface area contributed by atoms with E-state index >= 15 is 0 Å². The lowest BCUT2D eigenvalue weighted by atomic mass is 10.1. The highest BCUT2D eigenvalue weighted by Crippen LogP contribution is 2.15. The van der Waals surface area contributed by atoms with Crippen LogP contribution in [0, 0.1) is 0 Å². The first-order valence-corrected chi connectivity index (χ1v) is 5.89. The molecule has 0 aromatic heterocycles. The van der Waals surface area contributed by atoms with Crippen LogP contribution in [0.15, 0.2) is 48.5 Å². The maximum Gasteiger partial charge on any atom is 0.121 e. The summed E-state index contributed by atoms with van der Waals surface area (Å²) < 4.78 is 10.7. The Balaban J connectivity index is 1.84. The number of anilines is 1. The minimum atomic E-state index is 0.635. The lowest BCUT2D eigenvalue weighted by Crippen LogP contribution is -2.01. The number of rotatable bonds is 5. The predicted molar refractivity (Wildman–Crippen MR) is 73.0 cm³/mol. The van der Waals surface area contributed by atoms with Crippen LogP contribution in [0.1, 0.15) is 5.56 Å². The van der Waals surface area contributed by atoms with Crippen LogP contribution in [0.2, 0.25) is 0 Å². The first kappa shape index (κ1) is 12.3. The SMILES string of the molecule is COc1ccc(CCOc2cccc(N)c2)cc1. The summed E-state index contributed by atoms with van der Waals surface area (Å²) >= 11 is 0. The molecule has 0 amide bonds. The van der Waals surface area contributed by atoms with Gasteiger partial charge in [0.15, 0.2) is 0 Å². The van der Waals surface area contributed by atoms with E-state index in [2.05, 4.69) is 0 Å². The number of hydrogen-bond acceptors (Lipinski definition) is 3. The summed E-state index contributed by atoms with van der Waals surface area (Å²) in [6, 6.07) is 15.5. The van der Waals surface area contributed by atoms with Crippen molar-refractivity contribution in [2.75, 3.05) is 19.5 Å². The van der Waals surface area contributed by atoms with Crippen molar-refractivity contribution in [3.05, 3.63) is 54.1 Å². The number of ether oxygens (including phenoxy) is 2. The van der Waals surface area contributed by atoms with Gasteiger partial charge in [-0.3, -0.25) is 0 Å². The third-order valence-corrected chi connectivity index (χ3v) is 2.68. The van der Waals surface area contributed by atoms with Gasteiger partial charge in [-0.15, -0.1) is 0 Å². The molecule has 0 aliphatic carbocycles. The van der Waals surface area contributed by atoms with Gasteiger partial charge in [0.1, 0.15) is 11.5 Å². The second kappa shape index (κ2) is 5.96. The first-order valence-electron chi connectivity index (χ1n) is 5.89. The van der Waals surface area contributed by atoms with Gasteiger partial charge in [0.25, 0.3) is 0 Å². The number of nitrogen functional groups attached to an aromatic ring is 1. The molecule has 94 valence electrons. The summed E-state index contributed by atoms with van der Waals surface area (Å²) in [7, 11) is 1.66. The van der Waals surface area contributed by atoms with E-state index in [4.69, 9.17) is 15.2 Å². The Morgan fingerprint density at radius 3 is 2.44 bits per heavy atom. The summed E-state index contributed by atoms with van der Waals surface area (Å²) in [5.74, 6) is 1.68. The van der Waals surface area contributed by atoms with Crippen LogP contribution in [0.25, 0.3) is 0 Å². The van der Waals surface area contributed by atoms with Gasteiger partial charge in [0, 0.05) is 18.2 Å². The molecule has 0 bridgehead atoms. The Morgan fingerprint density at radius 2 is 1.78 bits per heavy atom. The predicted octanol–water partition coefficient (Wildman–Crippen LogP) is 2.90. The van der Waals surface area contributed by atoms with Crippen molar-refractivity contribution in [1.29, 1.82) is 0 Å². The summed E-state index contributed by atoms with van der Waals surface area (Å²) in [4.78, 5) is 0. The first-order chi connectivity index (χ1) is 8.78. The standard InChI is InChI=1S/C15H17NO2/c1-17-14-7-5-12(6-8-14)9-10-18-15-4-2-3-13(16)11-15/h2-8,11H,9-10,16H2,1H3. The van der Waals surface area contributed by atoms with Crippen LogP contribution in [-0.4, -0.2) is 13.7 Å². The van der Waals surface area contributed by atoms with Crippen LogP contribution in [-0.2, 0) is 6.42 Å². The molecular formula is C15H17NO2. The van der Waals surface area contributed by atoms with Crippen molar-refractivity contribution in [3.63, 3.8) is 0 Å². The summed E-state index contributed by atoms with van der Waals surface area (Å²) in [5.41, 5.74) is 7.62. The molecule has 2 rings (SSSR count). The second-order valence-corrected chi connectivity index (χ2v) is 4.02. The molecule has 0 saturated carbocycles. The van der Waals surface area contributed by atoms with Crippen molar-refractivity contribution in [1.82, 2.24) is 0 Å². The fraction of sp³-hybridized carbons (Fsp3) is 0.200. The Hall–Kier alpha value is -2.16. The van der Waals surface area contributed by atoms with Crippen LogP contribution in [0.4, 0.5) is 5.69 Å². The molecule has 0 heterocycles. The normalized spacial score (nSPS) is 10.1. The lowest BCUT2D eigenvalue weighted by Gasteiger charge is -2.07. The molecule has 3 nitrogen and oxygen atoms in total. The van der Waals surface area contributed by atoms with Gasteiger partial charge < -0.3 is 15.2 Å². The number of methoxy groups -OCH3 is 1. The van der Waals surface area contributed by atoms with Crippen molar-refractivity contribution in [3.8, 4) is 11.5 Å². The Bertz CT molecular complexity index is 494. The zero-order chi connectivity index (χ0) is 12.8. The van der Waals surface area contributed by atoms with Gasteiger partial charge in [-0.05, 0) is 29.8 Å². The zero-order valence-electron chi connectivity index (χ0n) is 10.4. The van der Waals surface area contributed by atoms with E-state index in [1.54, 1.807) is 7.11 Å². The van der Waals surface area contributed by atoms with E-state index < -0.39 is 0 Å². The van der Waals surface area contributed by atoms with E-state index in [0.717, 1.165) is 23.6 Å². The van der Waals surface area contributed by atoms with Gasteiger partial charge in [-0.1, -0.05) is 18.2 Å². The van der Waals surface area contributed by atoms with Crippen LogP contribution >= 0.6 is 0 Å². The summed E-state index contributed by atoms with van der Waals surface area (Å²) in [5, 5.41) is 0. The number of hydrogen-bond donors (Lipinski definition) is 1. The van der Waals surface area contributed by atoms with Crippen LogP contribution in [0.5, 0.6) is 11.5 Å². The molecule has 0 aliphatic rings. The van der Waals surface area contributed by atoms with E-state index in [1.165, 1.54) is 5.56 Å². The molecule has 2 aromatic rings. The molecule has 2 N–H and O–H groups in total. The monoisotopic (exact) mass is 243 g/mol. The molecule has 0 unspecified atom stereocenters. The minimum Gasteiger partial charge on any atom is -0.497 e. The Labute approximate surface area is 107 Å². The van der Waals surface area contributed by atoms with Gasteiger partial charge in [-0.25, -0.2) is 0 Å². The van der Waals surface area contributed by atoms with Crippen molar-refractivity contribution >= 4 is 5.69 Å². The largest absolute Gasteiger partial charge is 0.497 e. The highest BCUT2D eigenvalue weighted by Gasteiger charge is 1.97. The number of benzene rings is 2. The highest BCUT2D eigenvalue weighted by atomic mass is 16.5. The summed E-state index contributed by atoms with van der Waals surface area (Å²) in [6.07, 6.45) is 0.860. The average Bonchev–Trinajstić information content (AvgIpc) is 2.40. The smallest absolute Gasteiger partial charge is 0.121 e. The molecule has 0 spiro atoms.